The lowest BCUT2D eigenvalue weighted by Gasteiger charge is -1.96. The molecule has 4 aromatic rings. The number of methoxy groups -OCH3 is 2. The van der Waals surface area contributed by atoms with E-state index in [1.165, 1.54) is 0 Å². The summed E-state index contributed by atoms with van der Waals surface area (Å²) in [5, 5.41) is 2.02. The Morgan fingerprint density at radius 2 is 1.09 bits per heavy atom. The van der Waals surface area contributed by atoms with Gasteiger partial charge in [-0.25, -0.2) is 0 Å². The van der Waals surface area contributed by atoms with Crippen LogP contribution in [0.4, 0.5) is 0 Å². The Bertz CT molecular complexity index is 882. The van der Waals surface area contributed by atoms with Crippen LogP contribution in [0.5, 0.6) is 11.5 Å². The van der Waals surface area contributed by atoms with Crippen molar-refractivity contribution in [2.45, 2.75) is 0 Å². The van der Waals surface area contributed by atoms with Crippen LogP contribution < -0.4 is 9.47 Å². The number of fused-ring (bicyclic) bond motifs is 2. The summed E-state index contributed by atoms with van der Waals surface area (Å²) in [5.74, 6) is 2.92. The van der Waals surface area contributed by atoms with E-state index in [0.29, 0.717) is 11.5 Å². The molecule has 4 nitrogen and oxygen atoms in total. The molecule has 2 aromatic heterocycles. The second kappa shape index (κ2) is 4.84. The molecule has 0 radical (unpaired) electrons. The standard InChI is InChI=1S/C18H14O4/c1-19-13-5-3-11-7-17(21-15(11)9-13)18-8-12-4-6-14(20-2)10-16(12)22-18/h3-10H,1-2H3. The quantitative estimate of drug-likeness (QED) is 0.541. The van der Waals surface area contributed by atoms with Gasteiger partial charge < -0.3 is 18.3 Å². The van der Waals surface area contributed by atoms with Crippen LogP contribution in [0.15, 0.2) is 57.4 Å². The van der Waals surface area contributed by atoms with Gasteiger partial charge in [0, 0.05) is 22.9 Å². The van der Waals surface area contributed by atoms with Crippen molar-refractivity contribution in [2.24, 2.45) is 0 Å². The van der Waals surface area contributed by atoms with Crippen molar-refractivity contribution < 1.29 is 18.3 Å². The molecule has 0 bridgehead atoms. The highest BCUT2D eigenvalue weighted by atomic mass is 16.5. The van der Waals surface area contributed by atoms with Gasteiger partial charge in [-0.05, 0) is 36.4 Å². The fourth-order valence-corrected chi connectivity index (χ4v) is 2.52. The van der Waals surface area contributed by atoms with Gasteiger partial charge in [-0.1, -0.05) is 0 Å². The number of ether oxygens (including phenoxy) is 2. The van der Waals surface area contributed by atoms with Crippen molar-refractivity contribution in [3.63, 3.8) is 0 Å². The van der Waals surface area contributed by atoms with Gasteiger partial charge in [-0.2, -0.15) is 0 Å². The summed E-state index contributed by atoms with van der Waals surface area (Å²) in [5.41, 5.74) is 1.54. The largest absolute Gasteiger partial charge is 0.497 e. The van der Waals surface area contributed by atoms with E-state index in [4.69, 9.17) is 18.3 Å². The van der Waals surface area contributed by atoms with Gasteiger partial charge >= 0.3 is 0 Å². The van der Waals surface area contributed by atoms with Crippen molar-refractivity contribution in [1.82, 2.24) is 0 Å². The molecule has 0 aliphatic carbocycles. The monoisotopic (exact) mass is 294 g/mol. The van der Waals surface area contributed by atoms with Crippen molar-refractivity contribution in [3.05, 3.63) is 48.5 Å². The molecular weight excluding hydrogens is 280 g/mol. The van der Waals surface area contributed by atoms with Crippen molar-refractivity contribution in [3.8, 4) is 23.0 Å². The highest BCUT2D eigenvalue weighted by molar-refractivity contribution is 5.87. The highest BCUT2D eigenvalue weighted by Gasteiger charge is 2.12. The molecule has 22 heavy (non-hydrogen) atoms. The molecule has 0 aliphatic rings. The lowest BCUT2D eigenvalue weighted by molar-refractivity contribution is 0.414. The average Bonchev–Trinajstić information content (AvgIpc) is 3.16. The molecule has 2 heterocycles. The molecular formula is C18H14O4. The normalized spacial score (nSPS) is 11.2. The molecule has 0 spiro atoms. The molecule has 110 valence electrons. The van der Waals surface area contributed by atoms with Gasteiger partial charge in [0.2, 0.25) is 0 Å². The Morgan fingerprint density at radius 3 is 1.50 bits per heavy atom. The van der Waals surface area contributed by atoms with Gasteiger partial charge in [-0.15, -0.1) is 0 Å². The number of furan rings is 2. The summed E-state index contributed by atoms with van der Waals surface area (Å²) in [7, 11) is 3.27. The Labute approximate surface area is 126 Å². The van der Waals surface area contributed by atoms with E-state index >= 15 is 0 Å². The molecule has 0 atom stereocenters. The SMILES string of the molecule is COc1ccc2cc(-c3cc4ccc(OC)cc4o3)oc2c1. The van der Waals surface area contributed by atoms with E-state index < -0.39 is 0 Å². The second-order valence-corrected chi connectivity index (χ2v) is 5.03. The minimum Gasteiger partial charge on any atom is -0.497 e. The van der Waals surface area contributed by atoms with Gasteiger partial charge in [0.25, 0.3) is 0 Å². The Balaban J connectivity index is 1.83. The molecule has 0 amide bonds. The van der Waals surface area contributed by atoms with Crippen LogP contribution in [-0.4, -0.2) is 14.2 Å². The maximum atomic E-state index is 5.88. The Morgan fingerprint density at radius 1 is 0.636 bits per heavy atom. The lowest BCUT2D eigenvalue weighted by atomic mass is 10.2. The van der Waals surface area contributed by atoms with Crippen LogP contribution in [-0.2, 0) is 0 Å². The van der Waals surface area contributed by atoms with Gasteiger partial charge in [0.1, 0.15) is 22.7 Å². The van der Waals surface area contributed by atoms with Gasteiger partial charge in [0.05, 0.1) is 14.2 Å². The van der Waals surface area contributed by atoms with Crippen LogP contribution in [0.25, 0.3) is 33.5 Å². The minimum absolute atomic E-state index is 0.693. The van der Waals surface area contributed by atoms with Gasteiger partial charge in [-0.3, -0.25) is 0 Å². The first kappa shape index (κ1) is 12.8. The van der Waals surface area contributed by atoms with E-state index in [-0.39, 0.29) is 0 Å². The average molecular weight is 294 g/mol. The van der Waals surface area contributed by atoms with E-state index in [9.17, 15) is 0 Å². The molecule has 0 fully saturated rings. The van der Waals surface area contributed by atoms with E-state index in [0.717, 1.165) is 33.4 Å². The molecule has 0 saturated heterocycles. The molecule has 4 rings (SSSR count). The first-order valence-corrected chi connectivity index (χ1v) is 6.92. The Hall–Kier alpha value is -2.88. The number of benzene rings is 2. The smallest absolute Gasteiger partial charge is 0.170 e. The molecule has 4 heteroatoms. The third-order valence-electron chi connectivity index (χ3n) is 3.70. The predicted molar refractivity (Wildman–Crippen MR) is 84.5 cm³/mol. The molecule has 2 aromatic carbocycles. The second-order valence-electron chi connectivity index (χ2n) is 5.03. The van der Waals surface area contributed by atoms with Crippen LogP contribution in [0.3, 0.4) is 0 Å². The highest BCUT2D eigenvalue weighted by Crippen LogP contribution is 2.34. The fourth-order valence-electron chi connectivity index (χ4n) is 2.52. The summed E-state index contributed by atoms with van der Waals surface area (Å²) in [4.78, 5) is 0. The van der Waals surface area contributed by atoms with Crippen molar-refractivity contribution in [2.75, 3.05) is 14.2 Å². The third kappa shape index (κ3) is 2.00. The molecule has 0 N–H and O–H groups in total. The summed E-state index contributed by atoms with van der Waals surface area (Å²) < 4.78 is 22.2. The fraction of sp³-hybridized carbons (Fsp3) is 0.111. The zero-order valence-corrected chi connectivity index (χ0v) is 12.3. The van der Waals surface area contributed by atoms with E-state index in [1.807, 2.05) is 48.5 Å². The minimum atomic E-state index is 0.693. The van der Waals surface area contributed by atoms with Crippen molar-refractivity contribution in [1.29, 1.82) is 0 Å². The summed E-state index contributed by atoms with van der Waals surface area (Å²) in [6, 6.07) is 15.4. The summed E-state index contributed by atoms with van der Waals surface area (Å²) in [6.07, 6.45) is 0. The maximum Gasteiger partial charge on any atom is 0.170 e. The van der Waals surface area contributed by atoms with Crippen LogP contribution in [0.1, 0.15) is 0 Å². The number of hydrogen-bond donors (Lipinski definition) is 0. The Kier molecular flexibility index (Phi) is 2.82. The zero-order chi connectivity index (χ0) is 15.1. The van der Waals surface area contributed by atoms with Crippen molar-refractivity contribution >= 4 is 21.9 Å². The lowest BCUT2D eigenvalue weighted by Crippen LogP contribution is -1.79. The van der Waals surface area contributed by atoms with Crippen LogP contribution >= 0.6 is 0 Å². The van der Waals surface area contributed by atoms with Gasteiger partial charge in [0.15, 0.2) is 11.5 Å². The first-order chi connectivity index (χ1) is 10.8. The molecule has 0 aliphatic heterocycles. The van der Waals surface area contributed by atoms with Crippen LogP contribution in [0, 0.1) is 0 Å². The predicted octanol–water partition coefficient (Wildman–Crippen LogP) is 4.86. The molecule has 0 saturated carbocycles. The summed E-state index contributed by atoms with van der Waals surface area (Å²) >= 11 is 0. The van der Waals surface area contributed by atoms with Crippen LogP contribution in [0.2, 0.25) is 0 Å². The van der Waals surface area contributed by atoms with E-state index in [1.54, 1.807) is 14.2 Å². The number of hydrogen-bond acceptors (Lipinski definition) is 4. The summed E-state index contributed by atoms with van der Waals surface area (Å²) in [6.45, 7) is 0. The van der Waals surface area contributed by atoms with E-state index in [2.05, 4.69) is 0 Å². The third-order valence-corrected chi connectivity index (χ3v) is 3.70. The number of rotatable bonds is 3. The molecule has 0 unspecified atom stereocenters. The topological polar surface area (TPSA) is 44.7 Å². The first-order valence-electron chi connectivity index (χ1n) is 6.92. The zero-order valence-electron chi connectivity index (χ0n) is 12.3. The maximum absolute atomic E-state index is 5.88.